The summed E-state index contributed by atoms with van der Waals surface area (Å²) in [5, 5.41) is 9.06. The van der Waals surface area contributed by atoms with Crippen molar-refractivity contribution in [3.8, 4) is 12.3 Å². The van der Waals surface area contributed by atoms with Crippen molar-refractivity contribution in [2.45, 2.75) is 12.5 Å². The molecule has 0 saturated carbocycles. The number of halogens is 2. The van der Waals surface area contributed by atoms with Crippen LogP contribution in [0, 0.1) is 12.3 Å². The Labute approximate surface area is 75.0 Å². The summed E-state index contributed by atoms with van der Waals surface area (Å²) < 4.78 is 24.2. The van der Waals surface area contributed by atoms with Crippen LogP contribution in [0.2, 0.25) is 0 Å². The lowest BCUT2D eigenvalue weighted by atomic mass is 10.0. The Morgan fingerprint density at radius 1 is 1.31 bits per heavy atom. The number of aliphatic hydroxyl groups excluding tert-OH is 1. The monoisotopic (exact) mass is 182 g/mol. The highest BCUT2D eigenvalue weighted by atomic mass is 19.3. The molecule has 0 amide bonds. The number of aliphatic hydroxyl groups is 1. The van der Waals surface area contributed by atoms with Crippen molar-refractivity contribution in [3.63, 3.8) is 0 Å². The van der Waals surface area contributed by atoms with Crippen molar-refractivity contribution in [1.82, 2.24) is 0 Å². The average molecular weight is 182 g/mol. The van der Waals surface area contributed by atoms with E-state index in [9.17, 15) is 8.78 Å². The van der Waals surface area contributed by atoms with Gasteiger partial charge in [0.25, 0.3) is 6.43 Å². The number of hydrogen-bond acceptors (Lipinski definition) is 1. The van der Waals surface area contributed by atoms with Gasteiger partial charge in [0.15, 0.2) is 0 Å². The SMILES string of the molecule is C#Cc1ccccc1C(O)C(F)F. The Morgan fingerprint density at radius 3 is 2.46 bits per heavy atom. The molecule has 0 aliphatic carbocycles. The predicted molar refractivity (Wildman–Crippen MR) is 45.3 cm³/mol. The van der Waals surface area contributed by atoms with Crippen LogP contribution in [0.1, 0.15) is 17.2 Å². The highest BCUT2D eigenvalue weighted by Gasteiger charge is 2.20. The molecule has 0 aliphatic rings. The zero-order valence-corrected chi connectivity index (χ0v) is 6.74. The quantitative estimate of drug-likeness (QED) is 0.693. The molecule has 1 N–H and O–H groups in total. The molecule has 1 nitrogen and oxygen atoms in total. The van der Waals surface area contributed by atoms with Gasteiger partial charge in [-0.3, -0.25) is 0 Å². The molecule has 0 fully saturated rings. The minimum absolute atomic E-state index is 0.0972. The Balaban J connectivity index is 3.07. The van der Waals surface area contributed by atoms with E-state index in [1.165, 1.54) is 12.1 Å². The number of terminal acetylenes is 1. The first-order chi connectivity index (χ1) is 6.16. The zero-order valence-electron chi connectivity index (χ0n) is 6.74. The molecule has 1 aromatic rings. The molecule has 1 rings (SSSR count). The maximum Gasteiger partial charge on any atom is 0.268 e. The summed E-state index contributed by atoms with van der Waals surface area (Å²) >= 11 is 0. The van der Waals surface area contributed by atoms with E-state index in [1.807, 2.05) is 0 Å². The first-order valence-electron chi connectivity index (χ1n) is 3.68. The van der Waals surface area contributed by atoms with Crippen LogP contribution in [-0.4, -0.2) is 11.5 Å². The van der Waals surface area contributed by atoms with Gasteiger partial charge in [-0.15, -0.1) is 6.42 Å². The molecule has 3 heteroatoms. The Kier molecular flexibility index (Phi) is 2.99. The van der Waals surface area contributed by atoms with Gasteiger partial charge in [0.2, 0.25) is 0 Å². The molecular formula is C10H8F2O. The van der Waals surface area contributed by atoms with E-state index in [-0.39, 0.29) is 5.56 Å². The van der Waals surface area contributed by atoms with Crippen molar-refractivity contribution in [3.05, 3.63) is 35.4 Å². The van der Waals surface area contributed by atoms with Gasteiger partial charge >= 0.3 is 0 Å². The van der Waals surface area contributed by atoms with Gasteiger partial charge in [0.05, 0.1) is 0 Å². The van der Waals surface area contributed by atoms with Crippen molar-refractivity contribution >= 4 is 0 Å². The first kappa shape index (κ1) is 9.69. The van der Waals surface area contributed by atoms with E-state index >= 15 is 0 Å². The minimum atomic E-state index is -2.81. The number of benzene rings is 1. The molecule has 68 valence electrons. The smallest absolute Gasteiger partial charge is 0.268 e. The standard InChI is InChI=1S/C10H8F2O/c1-2-7-5-3-4-6-8(7)9(13)10(11)12/h1,3-6,9-10,13H. The molecule has 0 radical (unpaired) electrons. The summed E-state index contributed by atoms with van der Waals surface area (Å²) in [4.78, 5) is 0. The van der Waals surface area contributed by atoms with Crippen LogP contribution in [0.15, 0.2) is 24.3 Å². The van der Waals surface area contributed by atoms with Crippen molar-refractivity contribution < 1.29 is 13.9 Å². The van der Waals surface area contributed by atoms with Gasteiger partial charge in [0, 0.05) is 11.1 Å². The number of alkyl halides is 2. The molecule has 0 spiro atoms. The maximum absolute atomic E-state index is 12.1. The second-order valence-electron chi connectivity index (χ2n) is 2.51. The van der Waals surface area contributed by atoms with Gasteiger partial charge in [-0.25, -0.2) is 8.78 Å². The summed E-state index contributed by atoms with van der Waals surface area (Å²) in [5.74, 6) is 2.24. The minimum Gasteiger partial charge on any atom is -0.382 e. The van der Waals surface area contributed by atoms with Crippen LogP contribution >= 0.6 is 0 Å². The second-order valence-corrected chi connectivity index (χ2v) is 2.51. The molecule has 0 aliphatic heterocycles. The van der Waals surface area contributed by atoms with E-state index in [4.69, 9.17) is 11.5 Å². The summed E-state index contributed by atoms with van der Waals surface area (Å²) in [6, 6.07) is 6.10. The fraction of sp³-hybridized carbons (Fsp3) is 0.200. The molecule has 0 bridgehead atoms. The average Bonchev–Trinajstić information content (AvgIpc) is 2.16. The van der Waals surface area contributed by atoms with Crippen LogP contribution in [0.25, 0.3) is 0 Å². The molecule has 1 unspecified atom stereocenters. The van der Waals surface area contributed by atoms with E-state index < -0.39 is 12.5 Å². The molecule has 13 heavy (non-hydrogen) atoms. The van der Waals surface area contributed by atoms with Crippen LogP contribution in [0.4, 0.5) is 8.78 Å². The first-order valence-corrected chi connectivity index (χ1v) is 3.68. The number of hydrogen-bond donors (Lipinski definition) is 1. The third-order valence-electron chi connectivity index (χ3n) is 1.67. The van der Waals surface area contributed by atoms with Gasteiger partial charge in [-0.05, 0) is 6.07 Å². The van der Waals surface area contributed by atoms with Crippen molar-refractivity contribution in [1.29, 1.82) is 0 Å². The summed E-state index contributed by atoms with van der Waals surface area (Å²) in [5.41, 5.74) is 0.398. The summed E-state index contributed by atoms with van der Waals surface area (Å²) in [7, 11) is 0. The summed E-state index contributed by atoms with van der Waals surface area (Å²) in [6.07, 6.45) is 0.473. The second kappa shape index (κ2) is 4.01. The lowest BCUT2D eigenvalue weighted by Gasteiger charge is -2.11. The van der Waals surface area contributed by atoms with Crippen molar-refractivity contribution in [2.24, 2.45) is 0 Å². The highest BCUT2D eigenvalue weighted by molar-refractivity contribution is 5.41. The van der Waals surface area contributed by atoms with E-state index in [0.29, 0.717) is 5.56 Å². The van der Waals surface area contributed by atoms with Gasteiger partial charge in [0.1, 0.15) is 6.10 Å². The fourth-order valence-corrected chi connectivity index (χ4v) is 1.02. The molecule has 1 atom stereocenters. The Morgan fingerprint density at radius 2 is 1.92 bits per heavy atom. The molecule has 1 aromatic carbocycles. The van der Waals surface area contributed by atoms with E-state index in [2.05, 4.69) is 5.92 Å². The Bertz CT molecular complexity index is 328. The van der Waals surface area contributed by atoms with E-state index in [0.717, 1.165) is 0 Å². The van der Waals surface area contributed by atoms with Crippen LogP contribution in [-0.2, 0) is 0 Å². The van der Waals surface area contributed by atoms with E-state index in [1.54, 1.807) is 12.1 Å². The van der Waals surface area contributed by atoms with Gasteiger partial charge in [-0.2, -0.15) is 0 Å². The van der Waals surface area contributed by atoms with Gasteiger partial charge < -0.3 is 5.11 Å². The largest absolute Gasteiger partial charge is 0.382 e. The molecule has 0 saturated heterocycles. The summed E-state index contributed by atoms with van der Waals surface area (Å²) in [6.45, 7) is 0. The lowest BCUT2D eigenvalue weighted by molar-refractivity contribution is -0.00591. The fourth-order valence-electron chi connectivity index (χ4n) is 1.02. The molecular weight excluding hydrogens is 174 g/mol. The highest BCUT2D eigenvalue weighted by Crippen LogP contribution is 2.22. The predicted octanol–water partition coefficient (Wildman–Crippen LogP) is 1.97. The third-order valence-corrected chi connectivity index (χ3v) is 1.67. The molecule has 0 aromatic heterocycles. The van der Waals surface area contributed by atoms with Gasteiger partial charge in [-0.1, -0.05) is 24.1 Å². The Hall–Kier alpha value is -1.40. The lowest BCUT2D eigenvalue weighted by Crippen LogP contribution is -2.09. The van der Waals surface area contributed by atoms with Crippen LogP contribution in [0.3, 0.4) is 0 Å². The normalized spacial score (nSPS) is 12.5. The van der Waals surface area contributed by atoms with Crippen molar-refractivity contribution in [2.75, 3.05) is 0 Å². The van der Waals surface area contributed by atoms with Crippen LogP contribution in [0.5, 0.6) is 0 Å². The van der Waals surface area contributed by atoms with Crippen LogP contribution < -0.4 is 0 Å². The topological polar surface area (TPSA) is 20.2 Å². The third kappa shape index (κ3) is 2.04. The molecule has 0 heterocycles. The number of rotatable bonds is 2. The maximum atomic E-state index is 12.1. The zero-order chi connectivity index (χ0) is 9.84.